The summed E-state index contributed by atoms with van der Waals surface area (Å²) in [5.74, 6) is -1.13. The summed E-state index contributed by atoms with van der Waals surface area (Å²) in [6, 6.07) is 3.94. The summed E-state index contributed by atoms with van der Waals surface area (Å²) in [5.41, 5.74) is 5.88. The molecular formula is C11H16NO5P. The van der Waals surface area contributed by atoms with Crippen LogP contribution in [-0.4, -0.2) is 24.3 Å². The van der Waals surface area contributed by atoms with E-state index in [1.165, 1.54) is 18.2 Å². The van der Waals surface area contributed by atoms with Crippen LogP contribution in [0.5, 0.6) is 0 Å². The molecule has 0 aliphatic carbocycles. The minimum atomic E-state index is -3.56. The molecule has 1 aromatic carbocycles. The Morgan fingerprint density at radius 2 is 1.89 bits per heavy atom. The molecule has 0 heterocycles. The van der Waals surface area contributed by atoms with Gasteiger partial charge in [-0.25, -0.2) is 4.79 Å². The van der Waals surface area contributed by atoms with E-state index >= 15 is 0 Å². The summed E-state index contributed by atoms with van der Waals surface area (Å²) in [6.45, 7) is 3.69. The fourth-order valence-electron chi connectivity index (χ4n) is 1.43. The summed E-state index contributed by atoms with van der Waals surface area (Å²) in [7, 11) is -3.56. The molecule has 0 bridgehead atoms. The van der Waals surface area contributed by atoms with Gasteiger partial charge in [-0.3, -0.25) is 4.57 Å². The van der Waals surface area contributed by atoms with Crippen molar-refractivity contribution in [2.75, 3.05) is 18.9 Å². The number of nitrogen functional groups attached to an aromatic ring is 1. The Hall–Kier alpha value is -1.36. The lowest BCUT2D eigenvalue weighted by Gasteiger charge is -2.18. The minimum Gasteiger partial charge on any atom is -0.478 e. The number of benzene rings is 1. The summed E-state index contributed by atoms with van der Waals surface area (Å²) in [6.07, 6.45) is 0. The number of carboxylic acids is 1. The molecular weight excluding hydrogens is 257 g/mol. The van der Waals surface area contributed by atoms with Gasteiger partial charge in [-0.05, 0) is 32.0 Å². The van der Waals surface area contributed by atoms with E-state index in [9.17, 15) is 9.36 Å². The summed E-state index contributed by atoms with van der Waals surface area (Å²) in [5, 5.41) is 9.00. The van der Waals surface area contributed by atoms with Gasteiger partial charge < -0.3 is 19.9 Å². The Balaban J connectivity index is 3.31. The lowest BCUT2D eigenvalue weighted by atomic mass is 10.2. The third kappa shape index (κ3) is 3.10. The van der Waals surface area contributed by atoms with E-state index in [1.54, 1.807) is 13.8 Å². The molecule has 1 rings (SSSR count). The molecule has 100 valence electrons. The standard InChI is InChI=1S/C11H16NO5P/c1-3-16-18(15,17-4-2)10-7-8(11(13)14)5-6-9(10)12/h5-7H,3-4,12H2,1-2H3,(H,13,14). The van der Waals surface area contributed by atoms with Gasteiger partial charge in [0.05, 0.1) is 24.1 Å². The van der Waals surface area contributed by atoms with Gasteiger partial charge in [-0.2, -0.15) is 0 Å². The van der Waals surface area contributed by atoms with E-state index in [4.69, 9.17) is 19.9 Å². The van der Waals surface area contributed by atoms with Gasteiger partial charge in [0.1, 0.15) is 0 Å². The quantitative estimate of drug-likeness (QED) is 0.606. The van der Waals surface area contributed by atoms with Gasteiger partial charge in [-0.1, -0.05) is 0 Å². The number of carbonyl (C=O) groups is 1. The molecule has 6 nitrogen and oxygen atoms in total. The predicted octanol–water partition coefficient (Wildman–Crippen LogP) is 1.86. The minimum absolute atomic E-state index is 0.0150. The van der Waals surface area contributed by atoms with Crippen molar-refractivity contribution in [1.82, 2.24) is 0 Å². The van der Waals surface area contributed by atoms with Crippen molar-refractivity contribution in [1.29, 1.82) is 0 Å². The van der Waals surface area contributed by atoms with Crippen LogP contribution >= 0.6 is 7.60 Å². The van der Waals surface area contributed by atoms with Crippen LogP contribution in [0.15, 0.2) is 18.2 Å². The van der Waals surface area contributed by atoms with Crippen LogP contribution in [0, 0.1) is 0 Å². The lowest BCUT2D eigenvalue weighted by molar-refractivity contribution is 0.0697. The van der Waals surface area contributed by atoms with Crippen LogP contribution in [0.25, 0.3) is 0 Å². The largest absolute Gasteiger partial charge is 0.478 e. The molecule has 18 heavy (non-hydrogen) atoms. The maximum atomic E-state index is 12.5. The molecule has 0 aliphatic rings. The van der Waals surface area contributed by atoms with Crippen LogP contribution in [0.4, 0.5) is 5.69 Å². The number of rotatable bonds is 6. The first kappa shape index (κ1) is 14.7. The Kier molecular flexibility index (Phi) is 4.90. The van der Waals surface area contributed by atoms with E-state index in [1.807, 2.05) is 0 Å². The van der Waals surface area contributed by atoms with Crippen molar-refractivity contribution in [3.63, 3.8) is 0 Å². The maximum absolute atomic E-state index is 12.5. The molecule has 0 aromatic heterocycles. The summed E-state index contributed by atoms with van der Waals surface area (Å²) in [4.78, 5) is 10.9. The second-order valence-corrected chi connectivity index (χ2v) is 5.40. The molecule has 1 aromatic rings. The average Bonchev–Trinajstić information content (AvgIpc) is 2.29. The van der Waals surface area contributed by atoms with Crippen LogP contribution in [0.2, 0.25) is 0 Å². The van der Waals surface area contributed by atoms with Crippen molar-refractivity contribution in [3.05, 3.63) is 23.8 Å². The van der Waals surface area contributed by atoms with Gasteiger partial charge in [-0.15, -0.1) is 0 Å². The first-order chi connectivity index (χ1) is 8.44. The van der Waals surface area contributed by atoms with Gasteiger partial charge in [0, 0.05) is 5.69 Å². The Bertz CT molecular complexity index is 478. The highest BCUT2D eigenvalue weighted by Crippen LogP contribution is 2.48. The normalized spacial score (nSPS) is 11.4. The highest BCUT2D eigenvalue weighted by molar-refractivity contribution is 7.62. The molecule has 3 N–H and O–H groups in total. The third-order valence-corrected chi connectivity index (χ3v) is 4.34. The van der Waals surface area contributed by atoms with Gasteiger partial charge in [0.25, 0.3) is 0 Å². The van der Waals surface area contributed by atoms with Crippen LogP contribution in [-0.2, 0) is 13.6 Å². The molecule has 0 unspecified atom stereocenters. The number of hydrogen-bond acceptors (Lipinski definition) is 5. The second kappa shape index (κ2) is 6.00. The number of anilines is 1. The maximum Gasteiger partial charge on any atom is 0.363 e. The molecule has 0 atom stereocenters. The number of nitrogens with two attached hydrogens (primary N) is 1. The first-order valence-corrected chi connectivity index (χ1v) is 7.01. The molecule has 0 fully saturated rings. The number of aromatic carboxylic acids is 1. The molecule has 0 aliphatic heterocycles. The van der Waals surface area contributed by atoms with Crippen molar-refractivity contribution in [2.24, 2.45) is 0 Å². The van der Waals surface area contributed by atoms with Gasteiger partial charge in [0.2, 0.25) is 0 Å². The summed E-state index contributed by atoms with van der Waals surface area (Å²) < 4.78 is 22.8. The number of carboxylic acid groups (broad SMARTS) is 1. The zero-order chi connectivity index (χ0) is 13.8. The Morgan fingerprint density at radius 1 is 1.33 bits per heavy atom. The van der Waals surface area contributed by atoms with Crippen LogP contribution in [0.1, 0.15) is 24.2 Å². The molecule has 7 heteroatoms. The monoisotopic (exact) mass is 273 g/mol. The third-order valence-electron chi connectivity index (χ3n) is 2.17. The van der Waals surface area contributed by atoms with Crippen molar-refractivity contribution in [2.45, 2.75) is 13.8 Å². The summed E-state index contributed by atoms with van der Waals surface area (Å²) >= 11 is 0. The van der Waals surface area contributed by atoms with Gasteiger partial charge >= 0.3 is 13.6 Å². The Labute approximate surface area is 105 Å². The van der Waals surface area contributed by atoms with Crippen molar-refractivity contribution in [3.8, 4) is 0 Å². The average molecular weight is 273 g/mol. The SMILES string of the molecule is CCOP(=O)(OCC)c1cc(C(=O)O)ccc1N. The zero-order valence-electron chi connectivity index (χ0n) is 10.3. The van der Waals surface area contributed by atoms with Crippen LogP contribution in [0.3, 0.4) is 0 Å². The molecule has 0 saturated heterocycles. The van der Waals surface area contributed by atoms with E-state index in [-0.39, 0.29) is 29.8 Å². The Morgan fingerprint density at radius 3 is 2.33 bits per heavy atom. The van der Waals surface area contributed by atoms with E-state index in [2.05, 4.69) is 0 Å². The molecule has 0 amide bonds. The number of hydrogen-bond donors (Lipinski definition) is 2. The zero-order valence-corrected chi connectivity index (χ0v) is 11.1. The van der Waals surface area contributed by atoms with Crippen molar-refractivity contribution >= 4 is 24.6 Å². The lowest BCUT2D eigenvalue weighted by Crippen LogP contribution is -2.17. The van der Waals surface area contributed by atoms with E-state index in [0.29, 0.717) is 0 Å². The molecule has 0 saturated carbocycles. The predicted molar refractivity (Wildman–Crippen MR) is 68.3 cm³/mol. The second-order valence-electron chi connectivity index (χ2n) is 3.41. The first-order valence-electron chi connectivity index (χ1n) is 5.47. The topological polar surface area (TPSA) is 98.8 Å². The highest BCUT2D eigenvalue weighted by Gasteiger charge is 2.30. The van der Waals surface area contributed by atoms with E-state index < -0.39 is 13.6 Å². The molecule has 0 radical (unpaired) electrons. The van der Waals surface area contributed by atoms with Gasteiger partial charge in [0.15, 0.2) is 0 Å². The van der Waals surface area contributed by atoms with Crippen LogP contribution < -0.4 is 11.0 Å². The van der Waals surface area contributed by atoms with E-state index in [0.717, 1.165) is 0 Å². The smallest absolute Gasteiger partial charge is 0.363 e. The fraction of sp³-hybridized carbons (Fsp3) is 0.364. The fourth-order valence-corrected chi connectivity index (χ4v) is 3.15. The molecule has 0 spiro atoms. The van der Waals surface area contributed by atoms with Crippen molar-refractivity contribution < 1.29 is 23.5 Å². The highest BCUT2D eigenvalue weighted by atomic mass is 31.2.